The number of hydrogen-bond donors (Lipinski definition) is 0. The number of carbonyl (C=O) groups excluding carboxylic acids is 1. The first kappa shape index (κ1) is 20.5. The molecule has 0 bridgehead atoms. The highest BCUT2D eigenvalue weighted by molar-refractivity contribution is 7.86. The summed E-state index contributed by atoms with van der Waals surface area (Å²) in [4.78, 5) is 16.3. The highest BCUT2D eigenvalue weighted by atomic mass is 35.5. The summed E-state index contributed by atoms with van der Waals surface area (Å²) < 4.78 is 28.6. The molecule has 27 heavy (non-hydrogen) atoms. The fourth-order valence-electron chi connectivity index (χ4n) is 3.41. The van der Waals surface area contributed by atoms with Crippen LogP contribution in [0.3, 0.4) is 0 Å². The SMILES string of the molecule is CN1CCN(S(=O)(=O)N2CCN(C(=O)CCc3ccc(Cl)cc3)CC2)CC1. The molecule has 0 N–H and O–H groups in total. The van der Waals surface area contributed by atoms with Crippen molar-refractivity contribution < 1.29 is 13.2 Å². The first-order chi connectivity index (χ1) is 12.9. The maximum absolute atomic E-state index is 12.8. The summed E-state index contributed by atoms with van der Waals surface area (Å²) >= 11 is 5.88. The van der Waals surface area contributed by atoms with Gasteiger partial charge in [0.15, 0.2) is 0 Å². The van der Waals surface area contributed by atoms with E-state index in [2.05, 4.69) is 4.90 Å². The van der Waals surface area contributed by atoms with E-state index in [1.807, 2.05) is 31.3 Å². The first-order valence-electron chi connectivity index (χ1n) is 9.32. The quantitative estimate of drug-likeness (QED) is 0.718. The number of nitrogens with zero attached hydrogens (tertiary/aromatic N) is 4. The van der Waals surface area contributed by atoms with Gasteiger partial charge < -0.3 is 9.80 Å². The fraction of sp³-hybridized carbons (Fsp3) is 0.611. The molecule has 9 heteroatoms. The molecule has 3 rings (SSSR count). The second-order valence-electron chi connectivity index (χ2n) is 7.12. The molecule has 2 saturated heterocycles. The number of rotatable bonds is 5. The van der Waals surface area contributed by atoms with E-state index >= 15 is 0 Å². The Morgan fingerprint density at radius 1 is 0.926 bits per heavy atom. The molecule has 1 aromatic carbocycles. The Morgan fingerprint density at radius 3 is 2.00 bits per heavy atom. The lowest BCUT2D eigenvalue weighted by atomic mass is 10.1. The van der Waals surface area contributed by atoms with Crippen LogP contribution in [0.25, 0.3) is 0 Å². The van der Waals surface area contributed by atoms with E-state index in [4.69, 9.17) is 11.6 Å². The van der Waals surface area contributed by atoms with Gasteiger partial charge in [0.1, 0.15) is 0 Å². The molecule has 0 saturated carbocycles. The minimum Gasteiger partial charge on any atom is -0.340 e. The smallest absolute Gasteiger partial charge is 0.282 e. The van der Waals surface area contributed by atoms with Crippen molar-refractivity contribution >= 4 is 27.7 Å². The molecular formula is C18H27ClN4O3S. The predicted molar refractivity (Wildman–Crippen MR) is 106 cm³/mol. The Bertz CT molecular complexity index is 740. The lowest BCUT2D eigenvalue weighted by molar-refractivity contribution is -0.132. The first-order valence-corrected chi connectivity index (χ1v) is 11.1. The predicted octanol–water partition coefficient (Wildman–Crippen LogP) is 0.909. The summed E-state index contributed by atoms with van der Waals surface area (Å²) in [6, 6.07) is 7.50. The number of benzene rings is 1. The number of aryl methyl sites for hydroxylation is 1. The largest absolute Gasteiger partial charge is 0.340 e. The van der Waals surface area contributed by atoms with Crippen LogP contribution in [0.4, 0.5) is 0 Å². The third kappa shape index (κ3) is 5.20. The lowest BCUT2D eigenvalue weighted by Crippen LogP contribution is -2.57. The van der Waals surface area contributed by atoms with Crippen molar-refractivity contribution in [3.8, 4) is 0 Å². The van der Waals surface area contributed by atoms with Gasteiger partial charge in [-0.2, -0.15) is 17.0 Å². The Morgan fingerprint density at radius 2 is 1.44 bits per heavy atom. The van der Waals surface area contributed by atoms with Crippen molar-refractivity contribution in [2.24, 2.45) is 0 Å². The number of halogens is 1. The zero-order chi connectivity index (χ0) is 19.4. The molecule has 150 valence electrons. The molecule has 0 atom stereocenters. The lowest BCUT2D eigenvalue weighted by Gasteiger charge is -2.39. The molecule has 2 heterocycles. The van der Waals surface area contributed by atoms with Crippen LogP contribution in [0.2, 0.25) is 5.02 Å². The average Bonchev–Trinajstić information content (AvgIpc) is 2.68. The molecule has 2 aliphatic rings. The molecule has 0 unspecified atom stereocenters. The van der Waals surface area contributed by atoms with Gasteiger partial charge in [0.05, 0.1) is 0 Å². The van der Waals surface area contributed by atoms with Crippen molar-refractivity contribution in [3.05, 3.63) is 34.9 Å². The van der Waals surface area contributed by atoms with Crippen LogP contribution < -0.4 is 0 Å². The average molecular weight is 415 g/mol. The summed E-state index contributed by atoms with van der Waals surface area (Å²) in [7, 11) is -1.43. The van der Waals surface area contributed by atoms with Gasteiger partial charge in [0, 0.05) is 63.8 Å². The van der Waals surface area contributed by atoms with E-state index in [0.717, 1.165) is 18.7 Å². The highest BCUT2D eigenvalue weighted by Crippen LogP contribution is 2.16. The number of amides is 1. The van der Waals surface area contributed by atoms with Crippen LogP contribution in [0.15, 0.2) is 24.3 Å². The van der Waals surface area contributed by atoms with Gasteiger partial charge in [0.25, 0.3) is 10.2 Å². The Labute approximate surface area is 166 Å². The molecule has 2 aliphatic heterocycles. The van der Waals surface area contributed by atoms with Gasteiger partial charge in [-0.1, -0.05) is 23.7 Å². The monoisotopic (exact) mass is 414 g/mol. The van der Waals surface area contributed by atoms with Gasteiger partial charge in [0.2, 0.25) is 5.91 Å². The standard InChI is InChI=1S/C18H27ClN4O3S/c1-20-8-12-22(13-9-20)27(25,26)23-14-10-21(11-15-23)18(24)7-4-16-2-5-17(19)6-3-16/h2-3,5-6H,4,7-15H2,1H3. The second kappa shape index (κ2) is 8.87. The Hall–Kier alpha value is -1.19. The second-order valence-corrected chi connectivity index (χ2v) is 9.48. The van der Waals surface area contributed by atoms with E-state index in [1.54, 1.807) is 9.21 Å². The highest BCUT2D eigenvalue weighted by Gasteiger charge is 2.34. The van der Waals surface area contributed by atoms with Crippen molar-refractivity contribution in [2.75, 3.05) is 59.4 Å². The molecule has 0 spiro atoms. The molecule has 0 aromatic heterocycles. The zero-order valence-corrected chi connectivity index (χ0v) is 17.3. The van der Waals surface area contributed by atoms with Crippen LogP contribution in [0.5, 0.6) is 0 Å². The summed E-state index contributed by atoms with van der Waals surface area (Å²) in [5.74, 6) is 0.0709. The van der Waals surface area contributed by atoms with Crippen LogP contribution in [0, 0.1) is 0 Å². The van der Waals surface area contributed by atoms with Gasteiger partial charge in [-0.05, 0) is 31.2 Å². The third-order valence-corrected chi connectivity index (χ3v) is 7.53. The van der Waals surface area contributed by atoms with E-state index in [1.165, 1.54) is 4.31 Å². The summed E-state index contributed by atoms with van der Waals surface area (Å²) in [5, 5.41) is 0.683. The number of carbonyl (C=O) groups is 1. The summed E-state index contributed by atoms with van der Waals surface area (Å²) in [6.45, 7) is 4.18. The van der Waals surface area contributed by atoms with Crippen LogP contribution in [0.1, 0.15) is 12.0 Å². The summed E-state index contributed by atoms with van der Waals surface area (Å²) in [5.41, 5.74) is 1.07. The number of likely N-dealkylation sites (N-methyl/N-ethyl adjacent to an activating group) is 1. The minimum absolute atomic E-state index is 0.0709. The van der Waals surface area contributed by atoms with E-state index in [-0.39, 0.29) is 5.91 Å². The molecular weight excluding hydrogens is 388 g/mol. The minimum atomic E-state index is -3.43. The van der Waals surface area contributed by atoms with E-state index in [9.17, 15) is 13.2 Å². The van der Waals surface area contributed by atoms with Crippen LogP contribution in [-0.2, 0) is 21.4 Å². The Balaban J connectivity index is 1.47. The normalized spacial score (nSPS) is 20.7. The fourth-order valence-corrected chi connectivity index (χ4v) is 5.11. The molecule has 0 aliphatic carbocycles. The van der Waals surface area contributed by atoms with Gasteiger partial charge in [-0.3, -0.25) is 4.79 Å². The van der Waals surface area contributed by atoms with Gasteiger partial charge in [-0.15, -0.1) is 0 Å². The summed E-state index contributed by atoms with van der Waals surface area (Å²) in [6.07, 6.45) is 1.09. The molecule has 2 fully saturated rings. The van der Waals surface area contributed by atoms with Crippen molar-refractivity contribution in [1.82, 2.24) is 18.4 Å². The van der Waals surface area contributed by atoms with Crippen LogP contribution >= 0.6 is 11.6 Å². The molecule has 7 nitrogen and oxygen atoms in total. The Kier molecular flexibility index (Phi) is 6.75. The van der Waals surface area contributed by atoms with Gasteiger partial charge in [-0.25, -0.2) is 0 Å². The maximum Gasteiger partial charge on any atom is 0.282 e. The molecule has 1 amide bonds. The third-order valence-electron chi connectivity index (χ3n) is 5.25. The van der Waals surface area contributed by atoms with Gasteiger partial charge >= 0.3 is 0 Å². The number of piperazine rings is 2. The maximum atomic E-state index is 12.8. The van der Waals surface area contributed by atoms with Crippen LogP contribution in [-0.4, -0.2) is 92.1 Å². The van der Waals surface area contributed by atoms with Crippen molar-refractivity contribution in [3.63, 3.8) is 0 Å². The van der Waals surface area contributed by atoms with Crippen molar-refractivity contribution in [1.29, 1.82) is 0 Å². The van der Waals surface area contributed by atoms with E-state index in [0.29, 0.717) is 57.1 Å². The molecule has 1 aromatic rings. The topological polar surface area (TPSA) is 64.2 Å². The molecule has 0 radical (unpaired) electrons. The van der Waals surface area contributed by atoms with Crippen molar-refractivity contribution in [2.45, 2.75) is 12.8 Å². The van der Waals surface area contributed by atoms with E-state index < -0.39 is 10.2 Å². The zero-order valence-electron chi connectivity index (χ0n) is 15.7. The number of hydrogen-bond acceptors (Lipinski definition) is 4.